The number of phenols is 1. The standard InChI is InChI=1S/C87H126N26O21/c1-48(116)73(113-79(127)62(25-15-35-98-87(94)95)106-83(131)68(45-114)102-49(2)117)85(133)111-67(41-53-43-100-58-21-9-7-19-56(53)58)82(130)107-63(30-31-70(90)119)78(126)112-69(46-115)84(132)109-65(39-51-26-28-54(118)29-27-51)80(128)110-66(40-52-42-99-57-20-8-6-18-55(52)57)81(129)105-61(24-14-34-97-86(92)93)76(124)104-60(23-11-13-33-89)77(125)108-64(38-50-16-4-3-5-17-50)75(123)101-44-71(120)96-36-37-134-47-72(121)103-59(74(91)122)22-10-12-32-88/h3-9,16-21,26-29,42-43,48,59-69,73,99-100,114-116,118H,10-15,22-25,30-41,44-47,88-89H2,1-2H3,(H2,90,119)(H2,91,122)(H,96,120)(H,101,123)(H,102,117)(H,103,121)(H,104,124)(H,105,129)(H,106,131)(H,107,130)(H,108,125)(H,109,132)(H,110,128)(H,111,133)(H,112,126)(H,113,127)(H4,92,93,97)(H4,94,95,98)/t48-,59-,60+,61+,62+,63+,64+,65+,66+,67+,68+,69+,73+/m1/s1. The molecule has 0 saturated heterocycles. The van der Waals surface area contributed by atoms with Gasteiger partial charge in [0.1, 0.15) is 84.9 Å². The van der Waals surface area contributed by atoms with E-state index in [2.05, 4.69) is 95.0 Å². The minimum absolute atomic E-state index is 0.00549. The maximum atomic E-state index is 15.4. The first-order valence-corrected chi connectivity index (χ1v) is 43.7. The second-order valence-electron chi connectivity index (χ2n) is 31.8. The Hall–Kier alpha value is -14.4. The zero-order valence-electron chi connectivity index (χ0n) is 74.6. The fourth-order valence-corrected chi connectivity index (χ4v) is 14.0. The molecule has 4 aromatic carbocycles. The molecule has 0 bridgehead atoms. The first kappa shape index (κ1) is 108. The van der Waals surface area contributed by atoms with Gasteiger partial charge in [0.2, 0.25) is 94.5 Å². The van der Waals surface area contributed by atoms with Gasteiger partial charge in [0.15, 0.2) is 11.9 Å². The number of carbonyl (C=O) groups is 16. The van der Waals surface area contributed by atoms with E-state index in [1.54, 1.807) is 85.1 Å². The van der Waals surface area contributed by atoms with Gasteiger partial charge in [-0.15, -0.1) is 0 Å². The number of guanidine groups is 2. The lowest BCUT2D eigenvalue weighted by Crippen LogP contribution is -2.62. The van der Waals surface area contributed by atoms with E-state index in [0.717, 1.165) is 13.8 Å². The Morgan fingerprint density at radius 2 is 0.784 bits per heavy atom. The molecule has 0 fully saturated rings. The number of amides is 16. The summed E-state index contributed by atoms with van der Waals surface area (Å²) < 4.78 is 5.36. The predicted molar refractivity (Wildman–Crippen MR) is 489 cm³/mol. The highest BCUT2D eigenvalue weighted by Gasteiger charge is 2.39. The van der Waals surface area contributed by atoms with Crippen molar-refractivity contribution >= 4 is 128 Å². The zero-order chi connectivity index (χ0) is 98.3. The quantitative estimate of drug-likeness (QED) is 0.00958. The summed E-state index contributed by atoms with van der Waals surface area (Å²) in [5.41, 5.74) is 36.4. The van der Waals surface area contributed by atoms with E-state index in [4.69, 9.17) is 50.0 Å². The van der Waals surface area contributed by atoms with Crippen LogP contribution in [0.1, 0.15) is 113 Å². The predicted octanol–water partition coefficient (Wildman–Crippen LogP) is -7.39. The molecule has 0 spiro atoms. The monoisotopic (exact) mass is 1870 g/mol. The SMILES string of the molecule is CC(=O)N[C@@H](CO)C(=O)N[C@@H](CCCNC(=N)N)C(=O)N[C@H](C(=O)N[C@@H](Cc1c[nH]c2ccccc12)C(=O)N[C@@H](CCC(N)=O)C(=O)N[C@@H](CO)C(=O)N[C@@H](Cc1ccc(O)cc1)C(=O)N[C@@H](Cc1c[nH]c2ccccc12)C(=O)N[C@@H](CCCNC(=N)N)C(=O)N[C@@H](CCCCN)C(=O)N[C@@H](Cc1ccccc1)C(=O)NCC(=O)NCCOCC(=O)N[C@H](CCCCN)C(N)=O)[C@@H](C)O. The molecule has 47 nitrogen and oxygen atoms in total. The lowest BCUT2D eigenvalue weighted by atomic mass is 10.0. The van der Waals surface area contributed by atoms with Gasteiger partial charge in [-0.3, -0.25) is 87.5 Å². The topological polar surface area (TPSA) is 791 Å². The summed E-state index contributed by atoms with van der Waals surface area (Å²) >= 11 is 0. The van der Waals surface area contributed by atoms with Crippen LogP contribution < -0.4 is 119 Å². The van der Waals surface area contributed by atoms with Crippen LogP contribution in [-0.2, 0) is 107 Å². The second-order valence-corrected chi connectivity index (χ2v) is 31.8. The number of para-hydroxylation sites is 2. The maximum Gasteiger partial charge on any atom is 0.246 e. The molecule has 2 aromatic heterocycles. The molecular weight excluding hydrogens is 1750 g/mol. The minimum Gasteiger partial charge on any atom is -0.508 e. The number of carbonyl (C=O) groups excluding carboxylic acids is 16. The van der Waals surface area contributed by atoms with Crippen molar-refractivity contribution in [2.75, 3.05) is 65.7 Å². The van der Waals surface area contributed by atoms with E-state index in [1.807, 2.05) is 0 Å². The van der Waals surface area contributed by atoms with E-state index in [0.29, 0.717) is 64.3 Å². The van der Waals surface area contributed by atoms with Gasteiger partial charge in [0.05, 0.1) is 32.5 Å². The smallest absolute Gasteiger partial charge is 0.246 e. The number of primary amides is 2. The van der Waals surface area contributed by atoms with Crippen LogP contribution in [0.25, 0.3) is 21.8 Å². The Labute approximate surface area is 771 Å². The Morgan fingerprint density at radius 1 is 0.396 bits per heavy atom. The van der Waals surface area contributed by atoms with Gasteiger partial charge < -0.3 is 155 Å². The number of ether oxygens (including phenoxy) is 1. The number of aromatic amines is 2. The number of hydrogen-bond acceptors (Lipinski definition) is 25. The zero-order valence-corrected chi connectivity index (χ0v) is 74.6. The molecule has 6 aromatic rings. The van der Waals surface area contributed by atoms with Crippen LogP contribution in [0.3, 0.4) is 0 Å². The summed E-state index contributed by atoms with van der Waals surface area (Å²) in [7, 11) is 0. The first-order chi connectivity index (χ1) is 64.0. The fourth-order valence-electron chi connectivity index (χ4n) is 14.0. The number of aromatic nitrogens is 2. The summed E-state index contributed by atoms with van der Waals surface area (Å²) in [5.74, 6) is -16.6. The van der Waals surface area contributed by atoms with E-state index in [9.17, 15) is 82.8 Å². The van der Waals surface area contributed by atoms with Crippen molar-refractivity contribution in [3.05, 3.63) is 138 Å². The Morgan fingerprint density at radius 3 is 1.23 bits per heavy atom. The third-order valence-corrected chi connectivity index (χ3v) is 21.1. The highest BCUT2D eigenvalue weighted by molar-refractivity contribution is 6.01. The molecule has 6 rings (SSSR count). The third-order valence-electron chi connectivity index (χ3n) is 21.1. The van der Waals surface area contributed by atoms with E-state index < -0.39 is 237 Å². The number of H-pyrrole nitrogens is 2. The molecule has 13 atom stereocenters. The number of aliphatic hydroxyl groups excluding tert-OH is 3. The van der Waals surface area contributed by atoms with Crippen LogP contribution in [-0.4, -0.2) is 281 Å². The molecule has 0 aliphatic rings. The van der Waals surface area contributed by atoms with Crippen molar-refractivity contribution in [3.8, 4) is 5.75 Å². The lowest BCUT2D eigenvalue weighted by Gasteiger charge is -2.29. The Balaban J connectivity index is 1.27. The van der Waals surface area contributed by atoms with Gasteiger partial charge in [-0.05, 0) is 137 Å². The van der Waals surface area contributed by atoms with Crippen molar-refractivity contribution in [3.63, 3.8) is 0 Å². The van der Waals surface area contributed by atoms with Crippen LogP contribution in [0.4, 0.5) is 0 Å². The summed E-state index contributed by atoms with van der Waals surface area (Å²) in [4.78, 5) is 230. The second kappa shape index (κ2) is 57.0. The molecule has 730 valence electrons. The van der Waals surface area contributed by atoms with Crippen LogP contribution in [0, 0.1) is 10.8 Å². The third kappa shape index (κ3) is 37.8. The molecule has 134 heavy (non-hydrogen) atoms. The first-order valence-electron chi connectivity index (χ1n) is 43.7. The number of benzene rings is 4. The number of aliphatic hydroxyl groups is 3. The van der Waals surface area contributed by atoms with Crippen molar-refractivity contribution in [2.45, 2.75) is 195 Å². The normalized spacial score (nSPS) is 14.0. The number of nitrogens with one attached hydrogen (secondary N) is 20. The van der Waals surface area contributed by atoms with Crippen LogP contribution >= 0.6 is 0 Å². The lowest BCUT2D eigenvalue weighted by molar-refractivity contribution is -0.137. The number of aromatic hydroxyl groups is 1. The maximum absolute atomic E-state index is 15.4. The minimum atomic E-state index is -2.03. The van der Waals surface area contributed by atoms with Crippen LogP contribution in [0.2, 0.25) is 0 Å². The van der Waals surface area contributed by atoms with Crippen LogP contribution in [0.5, 0.6) is 5.75 Å². The Kier molecular flexibility index (Phi) is 46.1. The molecule has 2 heterocycles. The van der Waals surface area contributed by atoms with E-state index in [-0.39, 0.29) is 102 Å². The molecule has 16 amide bonds. The molecule has 36 N–H and O–H groups in total. The molecule has 0 aliphatic carbocycles. The van der Waals surface area contributed by atoms with Crippen molar-refractivity contribution in [1.29, 1.82) is 10.8 Å². The highest BCUT2D eigenvalue weighted by Crippen LogP contribution is 2.23. The van der Waals surface area contributed by atoms with Gasteiger partial charge in [-0.2, -0.15) is 0 Å². The number of phenolic OH excluding ortho intramolecular Hbond substituents is 1. The fraction of sp³-hybridized carbons (Fsp3) is 0.471. The van der Waals surface area contributed by atoms with Crippen molar-refractivity contribution in [1.82, 2.24) is 95.0 Å². The van der Waals surface area contributed by atoms with Gasteiger partial charge in [0.25, 0.3) is 0 Å². The van der Waals surface area contributed by atoms with Crippen molar-refractivity contribution in [2.24, 2.45) is 34.4 Å². The van der Waals surface area contributed by atoms with Crippen molar-refractivity contribution < 1.29 is 102 Å². The van der Waals surface area contributed by atoms with Gasteiger partial charge in [0, 0.05) is 92.9 Å². The molecule has 47 heteroatoms. The molecule has 0 unspecified atom stereocenters. The average molecular weight is 1870 g/mol. The number of fused-ring (bicyclic) bond motifs is 2. The summed E-state index contributed by atoms with van der Waals surface area (Å²) in [5, 5.41) is 99.4. The molecule has 0 aliphatic heterocycles. The Bertz CT molecular complexity index is 4960. The van der Waals surface area contributed by atoms with Gasteiger partial charge in [-0.25, -0.2) is 0 Å². The molecular formula is C87H126N26O21. The largest absolute Gasteiger partial charge is 0.508 e. The van der Waals surface area contributed by atoms with E-state index in [1.165, 1.54) is 30.5 Å². The summed E-state index contributed by atoms with van der Waals surface area (Å²) in [6, 6.07) is 7.98. The number of nitrogens with two attached hydrogens (primary N) is 6. The highest BCUT2D eigenvalue weighted by atomic mass is 16.5. The number of hydrogen-bond donors (Lipinski definition) is 30. The van der Waals surface area contributed by atoms with E-state index >= 15 is 14.4 Å². The summed E-state index contributed by atoms with van der Waals surface area (Å²) in [6.07, 6.45) is 0.326. The number of unbranched alkanes of at least 4 members (excludes halogenated alkanes) is 2. The number of rotatable bonds is 61. The van der Waals surface area contributed by atoms with Crippen LogP contribution in [0.15, 0.2) is 116 Å². The van der Waals surface area contributed by atoms with Gasteiger partial charge in [-0.1, -0.05) is 78.9 Å². The van der Waals surface area contributed by atoms with Gasteiger partial charge >= 0.3 is 0 Å². The molecule has 0 saturated carbocycles. The molecule has 0 radical (unpaired) electrons. The average Bonchev–Trinajstić information content (AvgIpc) is 1.64. The summed E-state index contributed by atoms with van der Waals surface area (Å²) in [6.45, 7) is -0.748.